The summed E-state index contributed by atoms with van der Waals surface area (Å²) in [5.41, 5.74) is 6.45. The van der Waals surface area contributed by atoms with Crippen molar-refractivity contribution in [2.24, 2.45) is 0 Å². The van der Waals surface area contributed by atoms with Crippen LogP contribution < -0.4 is 0 Å². The first-order valence-corrected chi connectivity index (χ1v) is 7.79. The number of nitrogens with one attached hydrogen (secondary N) is 1. The zero-order chi connectivity index (χ0) is 15.1. The van der Waals surface area contributed by atoms with Gasteiger partial charge in [0, 0.05) is 27.7 Å². The molecule has 1 atom stereocenters. The van der Waals surface area contributed by atoms with Gasteiger partial charge in [-0.25, -0.2) is 0 Å². The van der Waals surface area contributed by atoms with Crippen LogP contribution in [0.5, 0.6) is 0 Å². The molecule has 3 aromatic carbocycles. The molecule has 108 valence electrons. The number of benzene rings is 3. The van der Waals surface area contributed by atoms with Crippen LogP contribution in [0.25, 0.3) is 21.8 Å². The Hall–Kier alpha value is -2.54. The van der Waals surface area contributed by atoms with Crippen LogP contribution in [0.2, 0.25) is 0 Å². The molecule has 0 spiro atoms. The molecule has 1 unspecified atom stereocenters. The minimum Gasteiger partial charge on any atom is -0.355 e. The fourth-order valence-electron chi connectivity index (χ4n) is 3.23. The standard InChI is InChI=1S/C21H19N/c1-14-8-10-20-18(12-14)19-13-17(9-11-21(19)22-20)15(2)16-6-4-3-5-7-16/h3-13,15,22H,1-2H3. The Morgan fingerprint density at radius 2 is 1.41 bits per heavy atom. The number of aryl methyl sites for hydroxylation is 1. The lowest BCUT2D eigenvalue weighted by Gasteiger charge is -2.12. The van der Waals surface area contributed by atoms with Crippen LogP contribution in [0.1, 0.15) is 29.5 Å². The summed E-state index contributed by atoms with van der Waals surface area (Å²) in [5.74, 6) is 0.403. The predicted octanol–water partition coefficient (Wildman–Crippen LogP) is 5.78. The average molecular weight is 285 g/mol. The minimum atomic E-state index is 0.403. The van der Waals surface area contributed by atoms with E-state index >= 15 is 0 Å². The fourth-order valence-corrected chi connectivity index (χ4v) is 3.23. The number of rotatable bonds is 2. The second-order valence-corrected chi connectivity index (χ2v) is 6.11. The molecule has 0 bridgehead atoms. The van der Waals surface area contributed by atoms with Gasteiger partial charge in [0.25, 0.3) is 0 Å². The van der Waals surface area contributed by atoms with Crippen molar-refractivity contribution in [1.82, 2.24) is 4.98 Å². The molecule has 1 heterocycles. The van der Waals surface area contributed by atoms with Crippen molar-refractivity contribution < 1.29 is 0 Å². The van der Waals surface area contributed by atoms with Crippen molar-refractivity contribution in [2.75, 3.05) is 0 Å². The van der Waals surface area contributed by atoms with Gasteiger partial charge in [0.05, 0.1) is 0 Å². The molecule has 0 saturated heterocycles. The van der Waals surface area contributed by atoms with Gasteiger partial charge in [-0.15, -0.1) is 0 Å². The van der Waals surface area contributed by atoms with E-state index in [0.29, 0.717) is 5.92 Å². The third kappa shape index (κ3) is 2.10. The lowest BCUT2D eigenvalue weighted by Crippen LogP contribution is -1.95. The summed E-state index contributed by atoms with van der Waals surface area (Å²) in [6.07, 6.45) is 0. The molecule has 1 nitrogen and oxygen atoms in total. The highest BCUT2D eigenvalue weighted by Crippen LogP contribution is 2.31. The molecular formula is C21H19N. The topological polar surface area (TPSA) is 15.8 Å². The molecule has 0 saturated carbocycles. The van der Waals surface area contributed by atoms with Crippen LogP contribution in [-0.4, -0.2) is 4.98 Å². The molecular weight excluding hydrogens is 266 g/mol. The predicted molar refractivity (Wildman–Crippen MR) is 94.5 cm³/mol. The Labute approximate surface area is 130 Å². The molecule has 0 radical (unpaired) electrons. The van der Waals surface area contributed by atoms with E-state index in [-0.39, 0.29) is 0 Å². The van der Waals surface area contributed by atoms with E-state index in [1.165, 1.54) is 38.5 Å². The van der Waals surface area contributed by atoms with Crippen molar-refractivity contribution in [3.8, 4) is 0 Å². The summed E-state index contributed by atoms with van der Waals surface area (Å²) >= 11 is 0. The van der Waals surface area contributed by atoms with E-state index in [1.807, 2.05) is 0 Å². The number of H-pyrrole nitrogens is 1. The number of fused-ring (bicyclic) bond motifs is 3. The van der Waals surface area contributed by atoms with Crippen molar-refractivity contribution in [2.45, 2.75) is 19.8 Å². The van der Waals surface area contributed by atoms with Crippen molar-refractivity contribution >= 4 is 21.8 Å². The van der Waals surface area contributed by atoms with Gasteiger partial charge in [0.2, 0.25) is 0 Å². The molecule has 0 aliphatic heterocycles. The first kappa shape index (κ1) is 13.1. The molecule has 0 aliphatic carbocycles. The lowest BCUT2D eigenvalue weighted by molar-refractivity contribution is 0.925. The highest BCUT2D eigenvalue weighted by Gasteiger charge is 2.11. The summed E-state index contributed by atoms with van der Waals surface area (Å²) < 4.78 is 0. The van der Waals surface area contributed by atoms with Gasteiger partial charge in [-0.3, -0.25) is 0 Å². The maximum atomic E-state index is 3.51. The number of hydrogen-bond acceptors (Lipinski definition) is 0. The Morgan fingerprint density at radius 3 is 2.18 bits per heavy atom. The SMILES string of the molecule is Cc1ccc2[nH]c3ccc(C(C)c4ccccc4)cc3c2c1. The third-order valence-corrected chi connectivity index (χ3v) is 4.58. The van der Waals surface area contributed by atoms with E-state index in [2.05, 4.69) is 85.6 Å². The highest BCUT2D eigenvalue weighted by molar-refractivity contribution is 6.07. The van der Waals surface area contributed by atoms with Crippen molar-refractivity contribution in [3.63, 3.8) is 0 Å². The van der Waals surface area contributed by atoms with Gasteiger partial charge >= 0.3 is 0 Å². The first-order valence-electron chi connectivity index (χ1n) is 7.79. The smallest absolute Gasteiger partial charge is 0.0465 e. The summed E-state index contributed by atoms with van der Waals surface area (Å²) in [6, 6.07) is 24.1. The molecule has 1 heteroatoms. The van der Waals surface area contributed by atoms with Crippen LogP contribution >= 0.6 is 0 Å². The summed E-state index contributed by atoms with van der Waals surface area (Å²) in [4.78, 5) is 3.51. The summed E-state index contributed by atoms with van der Waals surface area (Å²) in [7, 11) is 0. The Kier molecular flexibility index (Phi) is 3.00. The maximum absolute atomic E-state index is 3.51. The zero-order valence-electron chi connectivity index (χ0n) is 12.9. The number of aromatic amines is 1. The third-order valence-electron chi connectivity index (χ3n) is 4.58. The Bertz CT molecular complexity index is 948. The normalized spacial score (nSPS) is 12.8. The van der Waals surface area contributed by atoms with Gasteiger partial charge in [-0.1, -0.05) is 55.0 Å². The minimum absolute atomic E-state index is 0.403. The molecule has 22 heavy (non-hydrogen) atoms. The van der Waals surface area contributed by atoms with Crippen LogP contribution in [0, 0.1) is 6.92 Å². The maximum Gasteiger partial charge on any atom is 0.0465 e. The Balaban J connectivity index is 1.89. The quantitative estimate of drug-likeness (QED) is 0.480. The Morgan fingerprint density at radius 1 is 0.727 bits per heavy atom. The molecule has 0 aliphatic rings. The zero-order valence-corrected chi connectivity index (χ0v) is 12.9. The van der Waals surface area contributed by atoms with Gasteiger partial charge in [-0.05, 0) is 42.3 Å². The van der Waals surface area contributed by atoms with E-state index in [4.69, 9.17) is 0 Å². The average Bonchev–Trinajstić information content (AvgIpc) is 2.92. The molecule has 1 aromatic heterocycles. The molecule has 1 N–H and O–H groups in total. The lowest BCUT2D eigenvalue weighted by atomic mass is 9.92. The van der Waals surface area contributed by atoms with Gasteiger partial charge < -0.3 is 4.98 Å². The van der Waals surface area contributed by atoms with Crippen LogP contribution in [-0.2, 0) is 0 Å². The van der Waals surface area contributed by atoms with E-state index in [9.17, 15) is 0 Å². The monoisotopic (exact) mass is 285 g/mol. The van der Waals surface area contributed by atoms with Crippen LogP contribution in [0.4, 0.5) is 0 Å². The van der Waals surface area contributed by atoms with Crippen molar-refractivity contribution in [1.29, 1.82) is 0 Å². The molecule has 0 amide bonds. The number of hydrogen-bond donors (Lipinski definition) is 1. The molecule has 4 aromatic rings. The van der Waals surface area contributed by atoms with Crippen LogP contribution in [0.15, 0.2) is 66.7 Å². The highest BCUT2D eigenvalue weighted by atomic mass is 14.7. The van der Waals surface area contributed by atoms with E-state index < -0.39 is 0 Å². The van der Waals surface area contributed by atoms with Crippen molar-refractivity contribution in [3.05, 3.63) is 83.4 Å². The first-order chi connectivity index (χ1) is 10.7. The number of aromatic nitrogens is 1. The largest absolute Gasteiger partial charge is 0.355 e. The summed E-state index contributed by atoms with van der Waals surface area (Å²) in [6.45, 7) is 4.42. The molecule has 4 rings (SSSR count). The molecule has 0 fully saturated rings. The van der Waals surface area contributed by atoms with Gasteiger partial charge in [0.15, 0.2) is 0 Å². The second-order valence-electron chi connectivity index (χ2n) is 6.11. The summed E-state index contributed by atoms with van der Waals surface area (Å²) in [5, 5.41) is 2.64. The fraction of sp³-hybridized carbons (Fsp3) is 0.143. The van der Waals surface area contributed by atoms with E-state index in [0.717, 1.165) is 0 Å². The van der Waals surface area contributed by atoms with Gasteiger partial charge in [-0.2, -0.15) is 0 Å². The van der Waals surface area contributed by atoms with E-state index in [1.54, 1.807) is 0 Å². The van der Waals surface area contributed by atoms with Crippen LogP contribution in [0.3, 0.4) is 0 Å². The second kappa shape index (κ2) is 5.03. The van der Waals surface area contributed by atoms with Gasteiger partial charge in [0.1, 0.15) is 0 Å².